The van der Waals surface area contributed by atoms with E-state index in [1.54, 1.807) is 31.4 Å². The monoisotopic (exact) mass is 441 g/mol. The number of hydrogen-bond donors (Lipinski definition) is 3. The molecule has 3 aromatic carbocycles. The Kier molecular flexibility index (Phi) is 6.59. The fourth-order valence-corrected chi connectivity index (χ4v) is 4.17. The number of anilines is 3. The van der Waals surface area contributed by atoms with Crippen molar-refractivity contribution in [1.82, 2.24) is 0 Å². The lowest BCUT2D eigenvalue weighted by Gasteiger charge is -2.14. The second-order valence-electron chi connectivity index (χ2n) is 6.73. The molecule has 0 saturated carbocycles. The van der Waals surface area contributed by atoms with Gasteiger partial charge < -0.3 is 15.4 Å². The van der Waals surface area contributed by atoms with Crippen molar-refractivity contribution < 1.29 is 13.2 Å². The molecule has 0 bridgehead atoms. The number of benzene rings is 3. The highest BCUT2D eigenvalue weighted by Gasteiger charge is 2.15. The molecule has 0 amide bonds. The Bertz CT molecular complexity index is 1160. The van der Waals surface area contributed by atoms with Crippen LogP contribution < -0.4 is 20.1 Å². The molecule has 0 atom stereocenters. The topological polar surface area (TPSA) is 79.5 Å². The smallest absolute Gasteiger partial charge is 0.261 e. The van der Waals surface area contributed by atoms with Gasteiger partial charge in [0.15, 0.2) is 5.11 Å². The number of sulfonamides is 1. The molecule has 3 N–H and O–H groups in total. The van der Waals surface area contributed by atoms with Crippen LogP contribution in [0.3, 0.4) is 0 Å². The Morgan fingerprint density at radius 2 is 1.60 bits per heavy atom. The number of ether oxygens (including phenoxy) is 1. The minimum atomic E-state index is -3.69. The minimum Gasteiger partial charge on any atom is -0.495 e. The first kappa shape index (κ1) is 21.6. The third kappa shape index (κ3) is 5.28. The van der Waals surface area contributed by atoms with Crippen LogP contribution in [0.2, 0.25) is 0 Å². The van der Waals surface area contributed by atoms with Crippen molar-refractivity contribution >= 4 is 44.4 Å². The van der Waals surface area contributed by atoms with Gasteiger partial charge in [-0.05, 0) is 79.7 Å². The van der Waals surface area contributed by atoms with Crippen molar-refractivity contribution in [3.05, 3.63) is 77.9 Å². The van der Waals surface area contributed by atoms with Gasteiger partial charge in [-0.25, -0.2) is 8.42 Å². The van der Waals surface area contributed by atoms with Crippen molar-refractivity contribution in [1.29, 1.82) is 0 Å². The summed E-state index contributed by atoms with van der Waals surface area (Å²) in [6.45, 7) is 3.83. The van der Waals surface area contributed by atoms with Crippen LogP contribution in [0.4, 0.5) is 17.1 Å². The fraction of sp³-hybridized carbons (Fsp3) is 0.136. The summed E-state index contributed by atoms with van der Waals surface area (Å²) in [6, 6.07) is 19.3. The van der Waals surface area contributed by atoms with Crippen LogP contribution in [-0.2, 0) is 10.0 Å². The number of rotatable bonds is 6. The third-order valence-electron chi connectivity index (χ3n) is 4.42. The Morgan fingerprint density at radius 1 is 0.900 bits per heavy atom. The van der Waals surface area contributed by atoms with Gasteiger partial charge in [0.05, 0.1) is 23.4 Å². The first-order valence-electron chi connectivity index (χ1n) is 9.19. The maximum Gasteiger partial charge on any atom is 0.261 e. The van der Waals surface area contributed by atoms with E-state index >= 15 is 0 Å². The lowest BCUT2D eigenvalue weighted by molar-refractivity contribution is 0.417. The summed E-state index contributed by atoms with van der Waals surface area (Å²) >= 11 is 5.37. The lowest BCUT2D eigenvalue weighted by Crippen LogP contribution is -2.19. The molecule has 3 aromatic rings. The van der Waals surface area contributed by atoms with Gasteiger partial charge in [0.25, 0.3) is 10.0 Å². The van der Waals surface area contributed by atoms with Crippen molar-refractivity contribution in [2.75, 3.05) is 22.5 Å². The molecule has 0 radical (unpaired) electrons. The van der Waals surface area contributed by atoms with Crippen LogP contribution >= 0.6 is 12.2 Å². The van der Waals surface area contributed by atoms with Crippen LogP contribution in [-0.4, -0.2) is 20.6 Å². The molecule has 0 unspecified atom stereocenters. The van der Waals surface area contributed by atoms with E-state index in [1.807, 2.05) is 44.2 Å². The maximum atomic E-state index is 12.6. The molecule has 30 heavy (non-hydrogen) atoms. The van der Waals surface area contributed by atoms with Gasteiger partial charge in [-0.3, -0.25) is 4.72 Å². The maximum absolute atomic E-state index is 12.6. The first-order chi connectivity index (χ1) is 14.3. The first-order valence-corrected chi connectivity index (χ1v) is 11.1. The van der Waals surface area contributed by atoms with E-state index in [-0.39, 0.29) is 4.90 Å². The van der Waals surface area contributed by atoms with Gasteiger partial charge in [-0.15, -0.1) is 0 Å². The van der Waals surface area contributed by atoms with Crippen LogP contribution in [0.15, 0.2) is 71.6 Å². The Balaban J connectivity index is 1.69. The van der Waals surface area contributed by atoms with E-state index in [9.17, 15) is 8.42 Å². The van der Waals surface area contributed by atoms with Crippen molar-refractivity contribution in [3.8, 4) is 5.75 Å². The zero-order valence-corrected chi connectivity index (χ0v) is 18.5. The summed E-state index contributed by atoms with van der Waals surface area (Å²) in [7, 11) is -2.09. The van der Waals surface area contributed by atoms with Gasteiger partial charge in [0.1, 0.15) is 5.75 Å². The zero-order valence-electron chi connectivity index (χ0n) is 16.9. The average Bonchev–Trinajstić information content (AvgIpc) is 2.70. The second kappa shape index (κ2) is 9.15. The number of nitrogens with one attached hydrogen (secondary N) is 3. The molecule has 0 aliphatic rings. The third-order valence-corrected chi connectivity index (χ3v) is 6.00. The normalized spacial score (nSPS) is 10.9. The van der Waals surface area contributed by atoms with E-state index in [1.165, 1.54) is 12.1 Å². The van der Waals surface area contributed by atoms with Gasteiger partial charge in [0.2, 0.25) is 0 Å². The highest BCUT2D eigenvalue weighted by atomic mass is 32.2. The number of para-hydroxylation sites is 1. The number of methoxy groups -OCH3 is 1. The number of thiocarbonyl (C=S) groups is 1. The Hall–Kier alpha value is -3.10. The zero-order chi connectivity index (χ0) is 21.7. The number of hydrogen-bond acceptors (Lipinski definition) is 4. The predicted octanol–water partition coefficient (Wildman–Crippen LogP) is 4.92. The summed E-state index contributed by atoms with van der Waals surface area (Å²) in [5.74, 6) is 0.675. The summed E-state index contributed by atoms with van der Waals surface area (Å²) in [5.41, 5.74) is 3.88. The van der Waals surface area contributed by atoms with Crippen molar-refractivity contribution in [2.24, 2.45) is 0 Å². The highest BCUT2D eigenvalue weighted by Crippen LogP contribution is 2.26. The molecule has 6 nitrogen and oxygen atoms in total. The summed E-state index contributed by atoms with van der Waals surface area (Å²) in [5, 5.41) is 6.52. The second-order valence-corrected chi connectivity index (χ2v) is 8.82. The molecule has 3 rings (SSSR count). The quantitative estimate of drug-likeness (QED) is 0.471. The summed E-state index contributed by atoms with van der Waals surface area (Å²) in [4.78, 5) is 0.163. The molecule has 8 heteroatoms. The molecule has 0 saturated heterocycles. The summed E-state index contributed by atoms with van der Waals surface area (Å²) in [6.07, 6.45) is 0. The van der Waals surface area contributed by atoms with E-state index in [0.29, 0.717) is 22.2 Å². The SMILES string of the molecule is COc1ccc(C)cc1NC(=S)Nc1ccc(S(=O)(=O)Nc2ccccc2C)cc1. The van der Waals surface area contributed by atoms with Gasteiger partial charge in [0, 0.05) is 5.69 Å². The molecular formula is C22H23N3O3S2. The van der Waals surface area contributed by atoms with Crippen molar-refractivity contribution in [3.63, 3.8) is 0 Å². The number of aryl methyl sites for hydroxylation is 2. The molecule has 0 aromatic heterocycles. The molecule has 0 fully saturated rings. The lowest BCUT2D eigenvalue weighted by atomic mass is 10.2. The van der Waals surface area contributed by atoms with E-state index in [0.717, 1.165) is 16.8 Å². The molecule has 0 spiro atoms. The van der Waals surface area contributed by atoms with Crippen molar-refractivity contribution in [2.45, 2.75) is 18.7 Å². The van der Waals surface area contributed by atoms with E-state index in [4.69, 9.17) is 17.0 Å². The Morgan fingerprint density at radius 3 is 2.27 bits per heavy atom. The van der Waals surface area contributed by atoms with E-state index < -0.39 is 10.0 Å². The van der Waals surface area contributed by atoms with Gasteiger partial charge in [-0.2, -0.15) is 0 Å². The molecular weight excluding hydrogens is 418 g/mol. The van der Waals surface area contributed by atoms with Crippen LogP contribution in [0, 0.1) is 13.8 Å². The highest BCUT2D eigenvalue weighted by molar-refractivity contribution is 7.92. The van der Waals surface area contributed by atoms with Gasteiger partial charge >= 0.3 is 0 Å². The molecule has 0 aliphatic heterocycles. The summed E-state index contributed by atoms with van der Waals surface area (Å²) < 4.78 is 33.2. The molecule has 0 heterocycles. The van der Waals surface area contributed by atoms with E-state index in [2.05, 4.69) is 15.4 Å². The Labute approximate surface area is 182 Å². The van der Waals surface area contributed by atoms with Crippen LogP contribution in [0.5, 0.6) is 5.75 Å². The standard InChI is InChI=1S/C22H23N3O3S2/c1-15-8-13-21(28-3)20(14-15)24-22(29)23-17-9-11-18(12-10-17)30(26,27)25-19-7-5-4-6-16(19)2/h4-14,25H,1-3H3,(H2,23,24,29). The predicted molar refractivity (Wildman–Crippen MR) is 126 cm³/mol. The molecule has 0 aliphatic carbocycles. The molecule has 156 valence electrons. The fourth-order valence-electron chi connectivity index (χ4n) is 2.81. The minimum absolute atomic E-state index is 0.163. The van der Waals surface area contributed by atoms with Gasteiger partial charge in [-0.1, -0.05) is 24.3 Å². The largest absolute Gasteiger partial charge is 0.495 e. The average molecular weight is 442 g/mol. The van der Waals surface area contributed by atoms with Crippen LogP contribution in [0.25, 0.3) is 0 Å². The van der Waals surface area contributed by atoms with Crippen LogP contribution in [0.1, 0.15) is 11.1 Å².